The fraction of sp³-hybridized carbons (Fsp3) is 0.320. The van der Waals surface area contributed by atoms with Gasteiger partial charge in [0.25, 0.3) is 0 Å². The molecule has 5 heteroatoms. The molecule has 0 fully saturated rings. The summed E-state index contributed by atoms with van der Waals surface area (Å²) in [7, 11) is 0. The lowest BCUT2D eigenvalue weighted by Crippen LogP contribution is -2.15. The molecule has 2 aromatic carbocycles. The summed E-state index contributed by atoms with van der Waals surface area (Å²) in [6, 6.07) is 17.2. The second-order valence-electron chi connectivity index (χ2n) is 7.01. The van der Waals surface area contributed by atoms with E-state index in [0.717, 1.165) is 25.7 Å². The predicted molar refractivity (Wildman–Crippen MR) is 116 cm³/mol. The number of esters is 2. The van der Waals surface area contributed by atoms with Gasteiger partial charge in [-0.1, -0.05) is 63.4 Å². The number of unbranched alkanes of at least 4 members (excludes halogenated alkanes) is 1. The second kappa shape index (κ2) is 12.2. The fourth-order valence-corrected chi connectivity index (χ4v) is 2.85. The molecular weight excluding hydrogens is 378 g/mol. The molecule has 2 aromatic rings. The minimum Gasteiger partial charge on any atom is -0.461 e. The summed E-state index contributed by atoms with van der Waals surface area (Å²) in [5, 5.41) is 9.33. The molecule has 5 nitrogen and oxygen atoms in total. The first-order valence-corrected chi connectivity index (χ1v) is 10.2. The zero-order valence-electron chi connectivity index (χ0n) is 17.5. The van der Waals surface area contributed by atoms with Crippen molar-refractivity contribution in [2.75, 3.05) is 6.61 Å². The average Bonchev–Trinajstić information content (AvgIpc) is 2.79. The molecule has 0 saturated carbocycles. The van der Waals surface area contributed by atoms with E-state index in [1.807, 2.05) is 12.1 Å². The van der Waals surface area contributed by atoms with Crippen molar-refractivity contribution in [3.05, 3.63) is 71.3 Å². The Balaban J connectivity index is 1.97. The van der Waals surface area contributed by atoms with Crippen molar-refractivity contribution < 1.29 is 19.1 Å². The monoisotopic (exact) mass is 405 g/mol. The first-order valence-electron chi connectivity index (χ1n) is 10.2. The summed E-state index contributed by atoms with van der Waals surface area (Å²) in [5.41, 5.74) is 1.04. The summed E-state index contributed by atoms with van der Waals surface area (Å²) in [6.45, 7) is 4.52. The van der Waals surface area contributed by atoms with E-state index >= 15 is 0 Å². The summed E-state index contributed by atoms with van der Waals surface area (Å²) in [4.78, 5) is 24.4. The van der Waals surface area contributed by atoms with Gasteiger partial charge >= 0.3 is 11.9 Å². The Morgan fingerprint density at radius 2 is 1.77 bits per heavy atom. The lowest BCUT2D eigenvalue weighted by Gasteiger charge is -2.14. The fourth-order valence-electron chi connectivity index (χ4n) is 2.85. The van der Waals surface area contributed by atoms with Crippen molar-refractivity contribution >= 4 is 18.0 Å². The smallest absolute Gasteiger partial charge is 0.348 e. The molecule has 1 atom stereocenters. The summed E-state index contributed by atoms with van der Waals surface area (Å²) in [6.07, 6.45) is 5.61. The number of carbonyl (C=O) groups excluding carboxylic acids is 2. The Morgan fingerprint density at radius 3 is 2.37 bits per heavy atom. The summed E-state index contributed by atoms with van der Waals surface area (Å²) >= 11 is 0. The molecular formula is C25H27NO4. The van der Waals surface area contributed by atoms with E-state index in [2.05, 4.69) is 13.8 Å². The second-order valence-corrected chi connectivity index (χ2v) is 7.01. The Morgan fingerprint density at radius 1 is 1.07 bits per heavy atom. The van der Waals surface area contributed by atoms with Crippen LogP contribution in [0.5, 0.6) is 5.75 Å². The molecule has 0 radical (unpaired) electrons. The van der Waals surface area contributed by atoms with Gasteiger partial charge in [0.1, 0.15) is 17.4 Å². The van der Waals surface area contributed by atoms with Crippen LogP contribution < -0.4 is 4.74 Å². The Labute approximate surface area is 177 Å². The van der Waals surface area contributed by atoms with Crippen LogP contribution in [0.1, 0.15) is 55.5 Å². The van der Waals surface area contributed by atoms with Crippen LogP contribution in [0.4, 0.5) is 0 Å². The number of benzene rings is 2. The van der Waals surface area contributed by atoms with Gasteiger partial charge in [0.05, 0.1) is 12.2 Å². The molecule has 0 aliphatic rings. The van der Waals surface area contributed by atoms with E-state index in [-0.39, 0.29) is 5.57 Å². The van der Waals surface area contributed by atoms with Crippen LogP contribution >= 0.6 is 0 Å². The number of hydrogen-bond acceptors (Lipinski definition) is 5. The van der Waals surface area contributed by atoms with Crippen LogP contribution in [0.25, 0.3) is 6.08 Å². The van der Waals surface area contributed by atoms with Crippen molar-refractivity contribution in [1.82, 2.24) is 0 Å². The SMILES string of the molecule is CCCCC(CC)COC(=O)/C(C#N)=C/c1ccc(OC(=O)c2ccccc2)cc1. The van der Waals surface area contributed by atoms with Crippen LogP contribution in [0.2, 0.25) is 0 Å². The van der Waals surface area contributed by atoms with Crippen molar-refractivity contribution in [1.29, 1.82) is 5.26 Å². The first kappa shape index (κ1) is 22.9. The Hall–Kier alpha value is -3.39. The third kappa shape index (κ3) is 7.21. The number of nitrogens with zero attached hydrogens (tertiary/aromatic N) is 1. The lowest BCUT2D eigenvalue weighted by atomic mass is 10.0. The molecule has 0 N–H and O–H groups in total. The van der Waals surface area contributed by atoms with Crippen LogP contribution in [0.15, 0.2) is 60.2 Å². The maximum absolute atomic E-state index is 12.3. The molecule has 0 aromatic heterocycles. The minimum atomic E-state index is -0.618. The molecule has 0 saturated heterocycles. The Bertz CT molecular complexity index is 895. The third-order valence-electron chi connectivity index (χ3n) is 4.74. The standard InChI is InChI=1S/C25H27NO4/c1-3-5-9-19(4-2)18-29-24(27)22(17-26)16-20-12-14-23(15-13-20)30-25(28)21-10-7-6-8-11-21/h6-8,10-16,19H,3-5,9,18H2,1-2H3/b22-16+. The van der Waals surface area contributed by atoms with Crippen molar-refractivity contribution in [2.45, 2.75) is 39.5 Å². The zero-order valence-corrected chi connectivity index (χ0v) is 17.5. The van der Waals surface area contributed by atoms with Crippen LogP contribution in [-0.4, -0.2) is 18.5 Å². The minimum absolute atomic E-state index is 0.0608. The molecule has 0 spiro atoms. The van der Waals surface area contributed by atoms with Gasteiger partial charge in [-0.3, -0.25) is 0 Å². The maximum Gasteiger partial charge on any atom is 0.348 e. The highest BCUT2D eigenvalue weighted by atomic mass is 16.5. The van der Waals surface area contributed by atoms with E-state index in [0.29, 0.717) is 29.4 Å². The highest BCUT2D eigenvalue weighted by Gasteiger charge is 2.14. The molecule has 30 heavy (non-hydrogen) atoms. The highest BCUT2D eigenvalue weighted by molar-refractivity contribution is 5.98. The van der Waals surface area contributed by atoms with Gasteiger partial charge < -0.3 is 9.47 Å². The molecule has 2 rings (SSSR count). The third-order valence-corrected chi connectivity index (χ3v) is 4.74. The van der Waals surface area contributed by atoms with Crippen LogP contribution in [-0.2, 0) is 9.53 Å². The lowest BCUT2D eigenvalue weighted by molar-refractivity contribution is -0.139. The van der Waals surface area contributed by atoms with E-state index in [4.69, 9.17) is 9.47 Å². The largest absolute Gasteiger partial charge is 0.461 e. The van der Waals surface area contributed by atoms with E-state index in [1.165, 1.54) is 6.08 Å². The van der Waals surface area contributed by atoms with Gasteiger partial charge in [-0.15, -0.1) is 0 Å². The van der Waals surface area contributed by atoms with Crippen molar-refractivity contribution in [2.24, 2.45) is 5.92 Å². The first-order chi connectivity index (χ1) is 14.6. The number of nitriles is 1. The summed E-state index contributed by atoms with van der Waals surface area (Å²) < 4.78 is 10.7. The highest BCUT2D eigenvalue weighted by Crippen LogP contribution is 2.18. The van der Waals surface area contributed by atoms with Gasteiger partial charge in [0.2, 0.25) is 0 Å². The number of rotatable bonds is 10. The van der Waals surface area contributed by atoms with E-state index in [9.17, 15) is 14.9 Å². The average molecular weight is 405 g/mol. The van der Waals surface area contributed by atoms with E-state index in [1.54, 1.807) is 48.5 Å². The van der Waals surface area contributed by atoms with Gasteiger partial charge in [-0.25, -0.2) is 9.59 Å². The Kier molecular flexibility index (Phi) is 9.33. The van der Waals surface area contributed by atoms with Gasteiger partial charge in [-0.05, 0) is 48.2 Å². The van der Waals surface area contributed by atoms with Crippen molar-refractivity contribution in [3.63, 3.8) is 0 Å². The van der Waals surface area contributed by atoms with Gasteiger partial charge in [0.15, 0.2) is 0 Å². The van der Waals surface area contributed by atoms with Crippen LogP contribution in [0, 0.1) is 17.2 Å². The van der Waals surface area contributed by atoms with Crippen molar-refractivity contribution in [3.8, 4) is 11.8 Å². The van der Waals surface area contributed by atoms with Crippen LogP contribution in [0.3, 0.4) is 0 Å². The number of hydrogen-bond donors (Lipinski definition) is 0. The maximum atomic E-state index is 12.3. The molecule has 0 bridgehead atoms. The number of ether oxygens (including phenoxy) is 2. The summed E-state index contributed by atoms with van der Waals surface area (Å²) in [5.74, 6) is -0.378. The zero-order chi connectivity index (χ0) is 21.8. The molecule has 0 aliphatic heterocycles. The van der Waals surface area contributed by atoms with Gasteiger partial charge in [0, 0.05) is 0 Å². The topological polar surface area (TPSA) is 76.4 Å². The molecule has 156 valence electrons. The number of carbonyl (C=O) groups is 2. The molecule has 0 heterocycles. The normalized spacial score (nSPS) is 12.0. The molecule has 0 amide bonds. The van der Waals surface area contributed by atoms with Gasteiger partial charge in [-0.2, -0.15) is 5.26 Å². The molecule has 0 aliphatic carbocycles. The molecule has 1 unspecified atom stereocenters. The van der Waals surface area contributed by atoms with E-state index < -0.39 is 11.9 Å². The quantitative estimate of drug-likeness (QED) is 0.223. The predicted octanol–water partition coefficient (Wildman–Crippen LogP) is 5.57.